The molecule has 2 aliphatic rings. The van der Waals surface area contributed by atoms with Crippen molar-refractivity contribution < 1.29 is 53.0 Å². The van der Waals surface area contributed by atoms with Crippen LogP contribution in [0.25, 0.3) is 0 Å². The van der Waals surface area contributed by atoms with Crippen molar-refractivity contribution in [2.45, 2.75) is 97.2 Å². The molecule has 2 heterocycles. The van der Waals surface area contributed by atoms with Gasteiger partial charge in [0.2, 0.25) is 0 Å². The van der Waals surface area contributed by atoms with Crippen molar-refractivity contribution in [3.8, 4) is 0 Å². The summed E-state index contributed by atoms with van der Waals surface area (Å²) in [5.41, 5.74) is 0. The third-order valence-electron chi connectivity index (χ3n) is 5.74. The number of aliphatic hydroxyl groups excluding tert-OH is 2. The van der Waals surface area contributed by atoms with E-state index in [-0.39, 0.29) is 6.61 Å². The van der Waals surface area contributed by atoms with Gasteiger partial charge in [0, 0.05) is 32.6 Å². The van der Waals surface area contributed by atoms with Crippen LogP contribution in [0.15, 0.2) is 0 Å². The topological polar surface area (TPSA) is 147 Å². The lowest BCUT2D eigenvalue weighted by molar-refractivity contribution is -0.363. The van der Waals surface area contributed by atoms with E-state index in [4.69, 9.17) is 28.4 Å². The molecule has 2 fully saturated rings. The molecule has 0 aromatic rings. The molecule has 2 rings (SSSR count). The zero-order valence-electron chi connectivity index (χ0n) is 19.3. The largest absolute Gasteiger partial charge is 0.463 e. The summed E-state index contributed by atoms with van der Waals surface area (Å²) in [5.74, 6) is -2.74. The maximum atomic E-state index is 11.7. The zero-order valence-corrected chi connectivity index (χ0v) is 19.3. The molecule has 0 aromatic heterocycles. The van der Waals surface area contributed by atoms with Gasteiger partial charge in [0.25, 0.3) is 0 Å². The first-order valence-electron chi connectivity index (χ1n) is 10.8. The number of hydrogen-bond acceptors (Lipinski definition) is 11. The summed E-state index contributed by atoms with van der Waals surface area (Å²) in [6.07, 6.45) is -7.54. The van der Waals surface area contributed by atoms with Crippen LogP contribution in [0.2, 0.25) is 0 Å². The molecular weight excluding hydrogens is 428 g/mol. The van der Waals surface area contributed by atoms with E-state index in [9.17, 15) is 24.6 Å². The van der Waals surface area contributed by atoms with Crippen LogP contribution in [0.3, 0.4) is 0 Å². The Morgan fingerprint density at radius 3 is 1.88 bits per heavy atom. The molecule has 0 saturated carbocycles. The SMILES string of the molecule is CCC1O[C@H](O[C@H]2OC(COC(C)=O)[C@@H](C)C(O)[C@@H]2O)C(C)[C@H](OC(C)=O)[C@@H]1OC(C)=O. The van der Waals surface area contributed by atoms with E-state index < -0.39 is 78.9 Å². The summed E-state index contributed by atoms with van der Waals surface area (Å²) < 4.78 is 33.4. The van der Waals surface area contributed by atoms with Crippen molar-refractivity contribution in [3.05, 3.63) is 0 Å². The second kappa shape index (κ2) is 11.4. The number of ether oxygens (including phenoxy) is 6. The summed E-state index contributed by atoms with van der Waals surface area (Å²) in [6.45, 7) is 8.79. The van der Waals surface area contributed by atoms with Crippen molar-refractivity contribution in [3.63, 3.8) is 0 Å². The molecule has 11 nitrogen and oxygen atoms in total. The Labute approximate surface area is 187 Å². The minimum atomic E-state index is -1.40. The van der Waals surface area contributed by atoms with Crippen LogP contribution in [-0.4, -0.2) is 83.9 Å². The number of hydrogen-bond donors (Lipinski definition) is 2. The Hall–Kier alpha value is -1.79. The number of carbonyl (C=O) groups is 3. The lowest BCUT2D eigenvalue weighted by atomic mass is 9.89. The van der Waals surface area contributed by atoms with Crippen LogP contribution in [0.1, 0.15) is 48.0 Å². The molecule has 0 amide bonds. The molecule has 0 bridgehead atoms. The molecule has 2 saturated heterocycles. The Kier molecular flexibility index (Phi) is 9.40. The summed E-state index contributed by atoms with van der Waals surface area (Å²) in [4.78, 5) is 34.5. The smallest absolute Gasteiger partial charge is 0.303 e. The van der Waals surface area contributed by atoms with Gasteiger partial charge in [-0.15, -0.1) is 0 Å². The zero-order chi connectivity index (χ0) is 24.2. The van der Waals surface area contributed by atoms with E-state index in [1.807, 2.05) is 6.92 Å². The minimum Gasteiger partial charge on any atom is -0.463 e. The molecule has 4 unspecified atom stereocenters. The maximum Gasteiger partial charge on any atom is 0.303 e. The average molecular weight is 462 g/mol. The van der Waals surface area contributed by atoms with Gasteiger partial charge in [-0.25, -0.2) is 0 Å². The Bertz CT molecular complexity index is 668. The quantitative estimate of drug-likeness (QED) is 0.397. The fourth-order valence-electron chi connectivity index (χ4n) is 3.93. The van der Waals surface area contributed by atoms with E-state index in [0.717, 1.165) is 0 Å². The highest BCUT2D eigenvalue weighted by atomic mass is 16.8. The molecule has 2 N–H and O–H groups in total. The molecule has 11 heteroatoms. The molecule has 0 radical (unpaired) electrons. The molecule has 10 atom stereocenters. The first kappa shape index (κ1) is 26.5. The first-order chi connectivity index (χ1) is 15.0. The molecule has 0 aliphatic carbocycles. The monoisotopic (exact) mass is 462 g/mol. The van der Waals surface area contributed by atoms with Crippen LogP contribution >= 0.6 is 0 Å². The van der Waals surface area contributed by atoms with Gasteiger partial charge in [0.15, 0.2) is 18.7 Å². The Morgan fingerprint density at radius 2 is 1.34 bits per heavy atom. The highest BCUT2D eigenvalue weighted by Gasteiger charge is 2.51. The highest BCUT2D eigenvalue weighted by Crippen LogP contribution is 2.35. The third kappa shape index (κ3) is 6.38. The normalized spacial score (nSPS) is 39.8. The minimum absolute atomic E-state index is 0.122. The van der Waals surface area contributed by atoms with Gasteiger partial charge in [0.05, 0.1) is 12.2 Å². The van der Waals surface area contributed by atoms with Gasteiger partial charge < -0.3 is 38.6 Å². The fourth-order valence-corrected chi connectivity index (χ4v) is 3.93. The van der Waals surface area contributed by atoms with Crippen LogP contribution in [0.4, 0.5) is 0 Å². The molecular formula is C21H34O11. The van der Waals surface area contributed by atoms with Crippen LogP contribution < -0.4 is 0 Å². The van der Waals surface area contributed by atoms with E-state index >= 15 is 0 Å². The average Bonchev–Trinajstić information content (AvgIpc) is 2.71. The van der Waals surface area contributed by atoms with Crippen LogP contribution in [0.5, 0.6) is 0 Å². The van der Waals surface area contributed by atoms with E-state index in [1.54, 1.807) is 13.8 Å². The second-order valence-electron chi connectivity index (χ2n) is 8.28. The highest BCUT2D eigenvalue weighted by molar-refractivity contribution is 5.67. The van der Waals surface area contributed by atoms with Gasteiger partial charge in [0.1, 0.15) is 24.9 Å². The standard InChI is InChI=1S/C21H34O11/c1-7-14-19(29-13(6)24)18(28-12(5)23)10(3)20(30-14)32-21-17(26)16(25)9(2)15(31-21)8-27-11(4)22/h9-10,14-21,25-26H,7-8H2,1-6H3/t9-,10?,14?,15?,16?,17+,18+,19-,20-,21-/m1/s1. The van der Waals surface area contributed by atoms with Crippen molar-refractivity contribution in [1.29, 1.82) is 0 Å². The second-order valence-corrected chi connectivity index (χ2v) is 8.28. The Morgan fingerprint density at radius 1 is 0.781 bits per heavy atom. The predicted molar refractivity (Wildman–Crippen MR) is 107 cm³/mol. The van der Waals surface area contributed by atoms with E-state index in [0.29, 0.717) is 6.42 Å². The number of esters is 3. The van der Waals surface area contributed by atoms with Gasteiger partial charge >= 0.3 is 17.9 Å². The molecule has 0 spiro atoms. The summed E-state index contributed by atoms with van der Waals surface area (Å²) >= 11 is 0. The summed E-state index contributed by atoms with van der Waals surface area (Å²) in [7, 11) is 0. The maximum absolute atomic E-state index is 11.7. The van der Waals surface area contributed by atoms with Crippen molar-refractivity contribution in [2.24, 2.45) is 11.8 Å². The molecule has 0 aromatic carbocycles. The lowest BCUT2D eigenvalue weighted by Gasteiger charge is -2.47. The predicted octanol–water partition coefficient (Wildman–Crippen LogP) is 0.283. The van der Waals surface area contributed by atoms with Crippen LogP contribution in [0, 0.1) is 11.8 Å². The van der Waals surface area contributed by atoms with Gasteiger partial charge in [-0.1, -0.05) is 20.8 Å². The fraction of sp³-hybridized carbons (Fsp3) is 0.857. The number of aliphatic hydroxyl groups is 2. The van der Waals surface area contributed by atoms with Gasteiger partial charge in [-0.2, -0.15) is 0 Å². The summed E-state index contributed by atoms with van der Waals surface area (Å²) in [5, 5.41) is 20.9. The van der Waals surface area contributed by atoms with E-state index in [1.165, 1.54) is 20.8 Å². The Balaban J connectivity index is 2.20. The van der Waals surface area contributed by atoms with Crippen molar-refractivity contribution >= 4 is 17.9 Å². The van der Waals surface area contributed by atoms with Crippen LogP contribution in [-0.2, 0) is 42.8 Å². The number of rotatable bonds is 7. The molecule has 184 valence electrons. The number of carbonyl (C=O) groups excluding carboxylic acids is 3. The first-order valence-corrected chi connectivity index (χ1v) is 10.8. The van der Waals surface area contributed by atoms with Gasteiger partial charge in [-0.05, 0) is 6.42 Å². The summed E-state index contributed by atoms with van der Waals surface area (Å²) in [6, 6.07) is 0. The third-order valence-corrected chi connectivity index (χ3v) is 5.74. The lowest BCUT2D eigenvalue weighted by Crippen LogP contribution is -2.60. The van der Waals surface area contributed by atoms with Crippen molar-refractivity contribution in [1.82, 2.24) is 0 Å². The molecule has 32 heavy (non-hydrogen) atoms. The van der Waals surface area contributed by atoms with Gasteiger partial charge in [-0.3, -0.25) is 14.4 Å². The van der Waals surface area contributed by atoms with Crippen molar-refractivity contribution in [2.75, 3.05) is 6.61 Å². The molecule has 2 aliphatic heterocycles. The van der Waals surface area contributed by atoms with E-state index in [2.05, 4.69) is 0 Å².